The van der Waals surface area contributed by atoms with Crippen LogP contribution in [0.4, 0.5) is 17.2 Å². The molecule has 4 nitrogen and oxygen atoms in total. The Balaban J connectivity index is 0.00000133. The summed E-state index contributed by atoms with van der Waals surface area (Å²) in [5, 5.41) is 0. The third-order valence-electron chi connectivity index (χ3n) is 3.03. The standard InChI is InChI=1S/C13H14BN4.Ir/c1-10(2)17-11-5-3-4-6-12(11)18(14-17)13-7-8-15-9-16-13;/h3-10H,1-2H3;. The maximum absolute atomic E-state index is 4.31. The van der Waals surface area contributed by atoms with E-state index >= 15 is 0 Å². The van der Waals surface area contributed by atoms with E-state index in [9.17, 15) is 0 Å². The first-order valence-electron chi connectivity index (χ1n) is 6.05. The van der Waals surface area contributed by atoms with E-state index < -0.39 is 0 Å². The van der Waals surface area contributed by atoms with Gasteiger partial charge in [0.15, 0.2) is 0 Å². The minimum atomic E-state index is 0. The predicted octanol–water partition coefficient (Wildman–Crippen LogP) is 2.37. The van der Waals surface area contributed by atoms with Crippen LogP contribution in [-0.2, 0) is 20.1 Å². The number of para-hydroxylation sites is 2. The van der Waals surface area contributed by atoms with E-state index in [1.165, 1.54) is 5.69 Å². The van der Waals surface area contributed by atoms with E-state index in [1.54, 1.807) is 12.5 Å². The van der Waals surface area contributed by atoms with Gasteiger partial charge in [0.2, 0.25) is 0 Å². The molecule has 0 atom stereocenters. The Hall–Kier alpha value is -1.39. The topological polar surface area (TPSA) is 32.3 Å². The van der Waals surface area contributed by atoms with Gasteiger partial charge in [-0.1, -0.05) is 12.1 Å². The zero-order valence-electron chi connectivity index (χ0n) is 10.8. The second-order valence-corrected chi connectivity index (χ2v) is 4.54. The molecule has 1 aromatic heterocycles. The Labute approximate surface area is 127 Å². The van der Waals surface area contributed by atoms with Crippen LogP contribution in [-0.4, -0.2) is 23.6 Å². The fourth-order valence-electron chi connectivity index (χ4n) is 2.16. The first-order valence-corrected chi connectivity index (χ1v) is 6.05. The molecule has 3 rings (SSSR count). The van der Waals surface area contributed by atoms with Crippen LogP contribution in [0.3, 0.4) is 0 Å². The molecule has 0 fully saturated rings. The number of hydrogen-bond acceptors (Lipinski definition) is 4. The molecule has 0 saturated carbocycles. The van der Waals surface area contributed by atoms with Gasteiger partial charge in [0.1, 0.15) is 12.1 Å². The third kappa shape index (κ3) is 2.51. The van der Waals surface area contributed by atoms with Gasteiger partial charge in [0, 0.05) is 38.0 Å². The number of aromatic nitrogens is 2. The summed E-state index contributed by atoms with van der Waals surface area (Å²) in [6.45, 7) is 4.35. The molecule has 0 amide bonds. The minimum absolute atomic E-state index is 0. The summed E-state index contributed by atoms with van der Waals surface area (Å²) in [7, 11) is 2.09. The van der Waals surface area contributed by atoms with Crippen molar-refractivity contribution in [3.05, 3.63) is 42.9 Å². The van der Waals surface area contributed by atoms with Crippen molar-refractivity contribution in [2.45, 2.75) is 19.9 Å². The summed E-state index contributed by atoms with van der Waals surface area (Å²) in [6.07, 6.45) is 3.33. The molecule has 0 N–H and O–H groups in total. The Kier molecular flexibility index (Phi) is 4.22. The van der Waals surface area contributed by atoms with Gasteiger partial charge in [0.05, 0.1) is 5.69 Å². The second-order valence-electron chi connectivity index (χ2n) is 4.54. The van der Waals surface area contributed by atoms with Crippen LogP contribution >= 0.6 is 0 Å². The SMILES string of the molecule is CC(C)N1[B]N(c2ccncn2)c2ccccc21.[Ir]. The van der Waals surface area contributed by atoms with Crippen LogP contribution < -0.4 is 9.62 Å². The number of nitrogens with zero attached hydrogens (tertiary/aromatic N) is 4. The fraction of sp³-hybridized carbons (Fsp3) is 0.231. The van der Waals surface area contributed by atoms with Gasteiger partial charge in [-0.3, -0.25) is 0 Å². The molecule has 0 bridgehead atoms. The number of rotatable bonds is 2. The Bertz CT molecular complexity index is 549. The van der Waals surface area contributed by atoms with E-state index in [0.29, 0.717) is 6.04 Å². The van der Waals surface area contributed by atoms with Crippen molar-refractivity contribution in [2.24, 2.45) is 0 Å². The Morgan fingerprint density at radius 2 is 1.84 bits per heavy atom. The summed E-state index contributed by atoms with van der Waals surface area (Å²) in [4.78, 5) is 12.6. The molecule has 19 heavy (non-hydrogen) atoms. The van der Waals surface area contributed by atoms with E-state index in [0.717, 1.165) is 11.5 Å². The summed E-state index contributed by atoms with van der Waals surface area (Å²) in [5.74, 6) is 0.889. The number of hydrogen-bond donors (Lipinski definition) is 0. The first kappa shape index (κ1) is 14.0. The fourth-order valence-corrected chi connectivity index (χ4v) is 2.16. The normalized spacial score (nSPS) is 13.0. The summed E-state index contributed by atoms with van der Waals surface area (Å²) < 4.78 is 0. The van der Waals surface area contributed by atoms with Crippen molar-refractivity contribution in [3.8, 4) is 0 Å². The number of anilines is 3. The van der Waals surface area contributed by atoms with Crippen molar-refractivity contribution in [2.75, 3.05) is 9.62 Å². The molecular formula is C13H14BIrN4. The van der Waals surface area contributed by atoms with Gasteiger partial charge < -0.3 is 9.62 Å². The number of benzene rings is 1. The average molecular weight is 429 g/mol. The first-order chi connectivity index (χ1) is 8.77. The average Bonchev–Trinajstić information content (AvgIpc) is 2.79. The van der Waals surface area contributed by atoms with Crippen molar-refractivity contribution in [1.82, 2.24) is 9.97 Å². The number of fused-ring (bicyclic) bond motifs is 1. The summed E-state index contributed by atoms with van der Waals surface area (Å²) >= 11 is 0. The van der Waals surface area contributed by atoms with E-state index in [-0.39, 0.29) is 20.1 Å². The van der Waals surface area contributed by atoms with Crippen LogP contribution in [0.5, 0.6) is 0 Å². The molecule has 2 aromatic rings. The molecular weight excluding hydrogens is 415 g/mol. The van der Waals surface area contributed by atoms with Crippen molar-refractivity contribution in [3.63, 3.8) is 0 Å². The van der Waals surface area contributed by atoms with Gasteiger partial charge in [0.25, 0.3) is 0 Å². The molecule has 1 aliphatic heterocycles. The molecule has 1 aromatic carbocycles. The quantitative estimate of drug-likeness (QED) is 0.687. The van der Waals surface area contributed by atoms with Crippen LogP contribution in [0.2, 0.25) is 0 Å². The minimum Gasteiger partial charge on any atom is -0.395 e. The predicted molar refractivity (Wildman–Crippen MR) is 74.0 cm³/mol. The van der Waals surface area contributed by atoms with Gasteiger partial charge >= 0.3 is 7.55 Å². The summed E-state index contributed by atoms with van der Waals surface area (Å²) in [6, 6.07) is 10.7. The molecule has 2 radical (unpaired) electrons. The van der Waals surface area contributed by atoms with Gasteiger partial charge in [-0.15, -0.1) is 0 Å². The van der Waals surface area contributed by atoms with Crippen LogP contribution in [0.25, 0.3) is 0 Å². The molecule has 98 valence electrons. The zero-order valence-corrected chi connectivity index (χ0v) is 13.2. The molecule has 6 heteroatoms. The molecule has 0 unspecified atom stereocenters. The second kappa shape index (κ2) is 5.72. The van der Waals surface area contributed by atoms with Gasteiger partial charge in [-0.2, -0.15) is 0 Å². The maximum Gasteiger partial charge on any atom is 0.397 e. The van der Waals surface area contributed by atoms with Gasteiger partial charge in [-0.05, 0) is 32.0 Å². The monoisotopic (exact) mass is 430 g/mol. The molecule has 2 heterocycles. The van der Waals surface area contributed by atoms with Crippen molar-refractivity contribution >= 4 is 24.7 Å². The Morgan fingerprint density at radius 1 is 1.11 bits per heavy atom. The molecule has 0 aliphatic carbocycles. The zero-order chi connectivity index (χ0) is 12.5. The van der Waals surface area contributed by atoms with E-state index in [2.05, 4.69) is 59.2 Å². The third-order valence-corrected chi connectivity index (χ3v) is 3.03. The maximum atomic E-state index is 4.31. The molecule has 0 saturated heterocycles. The Morgan fingerprint density at radius 3 is 2.47 bits per heavy atom. The van der Waals surface area contributed by atoms with Crippen LogP contribution in [0, 0.1) is 0 Å². The van der Waals surface area contributed by atoms with E-state index in [4.69, 9.17) is 0 Å². The molecule has 0 spiro atoms. The van der Waals surface area contributed by atoms with Gasteiger partial charge in [-0.25, -0.2) is 9.97 Å². The smallest absolute Gasteiger partial charge is 0.395 e. The van der Waals surface area contributed by atoms with E-state index in [1.807, 2.05) is 12.1 Å². The largest absolute Gasteiger partial charge is 0.397 e. The molecule has 1 aliphatic rings. The van der Waals surface area contributed by atoms with Crippen LogP contribution in [0.1, 0.15) is 13.8 Å². The van der Waals surface area contributed by atoms with Crippen LogP contribution in [0.15, 0.2) is 42.9 Å². The van der Waals surface area contributed by atoms with Crippen molar-refractivity contribution in [1.29, 1.82) is 0 Å². The van der Waals surface area contributed by atoms with Crippen molar-refractivity contribution < 1.29 is 20.1 Å². The summed E-state index contributed by atoms with van der Waals surface area (Å²) in [5.41, 5.74) is 2.37.